The fourth-order valence-electron chi connectivity index (χ4n) is 4.61. The van der Waals surface area contributed by atoms with E-state index in [9.17, 15) is 14.7 Å². The number of likely N-dealkylation sites (N-methyl/N-ethyl adjacent to an activating group) is 1. The minimum atomic E-state index is -0.510. The van der Waals surface area contributed by atoms with Gasteiger partial charge in [0.2, 0.25) is 11.8 Å². The normalized spacial score (nSPS) is 19.0. The largest absolute Gasteiger partial charge is 0.392 e. The lowest BCUT2D eigenvalue weighted by molar-refractivity contribution is -0.252. The summed E-state index contributed by atoms with van der Waals surface area (Å²) >= 11 is 0. The van der Waals surface area contributed by atoms with Crippen LogP contribution in [0.5, 0.6) is 0 Å². The van der Waals surface area contributed by atoms with Crippen LogP contribution < -0.4 is 10.6 Å². The van der Waals surface area contributed by atoms with Crippen molar-refractivity contribution in [1.82, 2.24) is 15.5 Å². The Morgan fingerprint density at radius 1 is 1.00 bits per heavy atom. The Hall–Kier alpha value is -3.04. The van der Waals surface area contributed by atoms with Crippen LogP contribution in [0.1, 0.15) is 73.7 Å². The van der Waals surface area contributed by atoms with Crippen LogP contribution in [0, 0.1) is 0 Å². The molecule has 39 heavy (non-hydrogen) atoms. The molecule has 8 heteroatoms. The van der Waals surface area contributed by atoms with Crippen molar-refractivity contribution in [3.8, 4) is 0 Å². The number of benzene rings is 2. The van der Waals surface area contributed by atoms with Crippen molar-refractivity contribution in [3.05, 3.63) is 83.4 Å². The maximum Gasteiger partial charge on any atom is 0.220 e. The van der Waals surface area contributed by atoms with Crippen LogP contribution in [0.15, 0.2) is 61.2 Å². The summed E-state index contributed by atoms with van der Waals surface area (Å²) < 4.78 is 12.8. The Bertz CT molecular complexity index is 1040. The van der Waals surface area contributed by atoms with Gasteiger partial charge < -0.3 is 30.1 Å². The molecule has 212 valence electrons. The van der Waals surface area contributed by atoms with Crippen LogP contribution in [0.3, 0.4) is 0 Å². The monoisotopic (exact) mass is 537 g/mol. The molecule has 0 spiro atoms. The van der Waals surface area contributed by atoms with E-state index < -0.39 is 6.29 Å². The Balaban J connectivity index is 1.55. The fraction of sp³-hybridized carbons (Fsp3) is 0.484. The summed E-state index contributed by atoms with van der Waals surface area (Å²) in [5.74, 6) is 0.00348. The van der Waals surface area contributed by atoms with Gasteiger partial charge in [-0.2, -0.15) is 0 Å². The molecule has 3 atom stereocenters. The highest BCUT2D eigenvalue weighted by Gasteiger charge is 2.32. The summed E-state index contributed by atoms with van der Waals surface area (Å²) in [6.45, 7) is 8.01. The minimum Gasteiger partial charge on any atom is -0.392 e. The summed E-state index contributed by atoms with van der Waals surface area (Å²) in [5, 5.41) is 15.1. The van der Waals surface area contributed by atoms with E-state index in [0.29, 0.717) is 19.5 Å². The number of hydrogen-bond acceptors (Lipinski definition) is 6. The summed E-state index contributed by atoms with van der Waals surface area (Å²) in [7, 11) is 2.05. The molecule has 0 bridgehead atoms. The first-order chi connectivity index (χ1) is 18.9. The molecular formula is C31H43N3O5. The standard InChI is InChI=1S/C31H43N3O5/c1-4-18-34(3)21-28-19-29(26-13-11-25(22-35)12-14-26)39-31(38-28)27-15-9-24(10-16-27)20-33-30(37)8-6-5-7-17-32-23(2)36/h4,9-16,28-29,31,35H,1,5-8,17-22H2,2-3H3,(H,32,36)(H,33,37)/t28-,29+,31+/m0/s1. The number of carbonyl (C=O) groups is 2. The minimum absolute atomic E-state index is 0.0131. The average Bonchev–Trinajstić information content (AvgIpc) is 2.94. The van der Waals surface area contributed by atoms with Crippen molar-refractivity contribution in [2.75, 3.05) is 26.7 Å². The molecule has 1 saturated heterocycles. The van der Waals surface area contributed by atoms with Gasteiger partial charge in [0.15, 0.2) is 6.29 Å². The molecule has 1 aliphatic rings. The number of ether oxygens (including phenoxy) is 2. The Kier molecular flexibility index (Phi) is 12.6. The molecule has 0 aromatic heterocycles. The molecule has 0 aliphatic carbocycles. The lowest BCUT2D eigenvalue weighted by Gasteiger charge is -2.37. The number of amides is 2. The van der Waals surface area contributed by atoms with E-state index in [-0.39, 0.29) is 30.6 Å². The highest BCUT2D eigenvalue weighted by atomic mass is 16.7. The Morgan fingerprint density at radius 2 is 1.69 bits per heavy atom. The van der Waals surface area contributed by atoms with E-state index in [1.54, 1.807) is 0 Å². The van der Waals surface area contributed by atoms with Gasteiger partial charge in [-0.3, -0.25) is 9.59 Å². The van der Waals surface area contributed by atoms with Gasteiger partial charge in [-0.05, 0) is 36.6 Å². The van der Waals surface area contributed by atoms with E-state index in [4.69, 9.17) is 9.47 Å². The van der Waals surface area contributed by atoms with Gasteiger partial charge in [0.05, 0.1) is 18.8 Å². The quantitative estimate of drug-likeness (QED) is 0.233. The first kappa shape index (κ1) is 30.5. The third-order valence-corrected chi connectivity index (χ3v) is 6.77. The van der Waals surface area contributed by atoms with Crippen LogP contribution >= 0.6 is 0 Å². The molecule has 3 N–H and O–H groups in total. The van der Waals surface area contributed by atoms with Crippen molar-refractivity contribution < 1.29 is 24.2 Å². The van der Waals surface area contributed by atoms with Gasteiger partial charge >= 0.3 is 0 Å². The van der Waals surface area contributed by atoms with E-state index in [1.807, 2.05) is 54.6 Å². The Labute approximate surface area is 232 Å². The van der Waals surface area contributed by atoms with Crippen molar-refractivity contribution in [1.29, 1.82) is 0 Å². The molecule has 0 radical (unpaired) electrons. The molecular weight excluding hydrogens is 494 g/mol. The topological polar surface area (TPSA) is 100 Å². The molecule has 3 rings (SSSR count). The number of rotatable bonds is 15. The molecule has 2 amide bonds. The lowest BCUT2D eigenvalue weighted by Crippen LogP contribution is -2.37. The molecule has 2 aromatic carbocycles. The zero-order valence-electron chi connectivity index (χ0n) is 23.2. The van der Waals surface area contributed by atoms with Crippen LogP contribution in [0.4, 0.5) is 0 Å². The van der Waals surface area contributed by atoms with Crippen molar-refractivity contribution in [3.63, 3.8) is 0 Å². The maximum atomic E-state index is 12.2. The SMILES string of the molecule is C=CCN(C)C[C@@H]1C[C@H](c2ccc(CO)cc2)O[C@H](c2ccc(CNC(=O)CCCCCNC(C)=O)cc2)O1. The molecule has 0 saturated carbocycles. The van der Waals surface area contributed by atoms with Crippen molar-refractivity contribution >= 4 is 11.8 Å². The number of nitrogens with zero attached hydrogens (tertiary/aromatic N) is 1. The molecule has 2 aromatic rings. The summed E-state index contributed by atoms with van der Waals surface area (Å²) in [6, 6.07) is 15.9. The molecule has 1 aliphatic heterocycles. The number of nitrogens with one attached hydrogen (secondary N) is 2. The highest BCUT2D eigenvalue weighted by molar-refractivity contribution is 5.75. The van der Waals surface area contributed by atoms with Gasteiger partial charge in [0.25, 0.3) is 0 Å². The predicted molar refractivity (Wildman–Crippen MR) is 152 cm³/mol. The van der Waals surface area contributed by atoms with Gasteiger partial charge in [-0.25, -0.2) is 0 Å². The van der Waals surface area contributed by atoms with Gasteiger partial charge in [0, 0.05) is 51.5 Å². The van der Waals surface area contributed by atoms with Crippen LogP contribution in [-0.4, -0.2) is 54.6 Å². The molecule has 1 fully saturated rings. The van der Waals surface area contributed by atoms with Crippen LogP contribution in [-0.2, 0) is 32.2 Å². The Morgan fingerprint density at radius 3 is 2.36 bits per heavy atom. The van der Waals surface area contributed by atoms with Crippen LogP contribution in [0.25, 0.3) is 0 Å². The third kappa shape index (κ3) is 10.6. The number of carbonyl (C=O) groups excluding carboxylic acids is 2. The summed E-state index contributed by atoms with van der Waals surface area (Å²) in [4.78, 5) is 25.3. The van der Waals surface area contributed by atoms with Crippen molar-refractivity contribution in [2.24, 2.45) is 0 Å². The maximum absolute atomic E-state index is 12.2. The van der Waals surface area contributed by atoms with Gasteiger partial charge in [0.1, 0.15) is 0 Å². The first-order valence-corrected chi connectivity index (χ1v) is 13.8. The first-order valence-electron chi connectivity index (χ1n) is 13.8. The molecule has 0 unspecified atom stereocenters. The smallest absolute Gasteiger partial charge is 0.220 e. The zero-order valence-corrected chi connectivity index (χ0v) is 23.2. The van der Waals surface area contributed by atoms with E-state index >= 15 is 0 Å². The second kappa shape index (κ2) is 16.2. The number of aliphatic hydroxyl groups excluding tert-OH is 1. The lowest BCUT2D eigenvalue weighted by atomic mass is 9.99. The predicted octanol–water partition coefficient (Wildman–Crippen LogP) is 4.15. The van der Waals surface area contributed by atoms with Gasteiger partial charge in [-0.1, -0.05) is 61.0 Å². The van der Waals surface area contributed by atoms with Crippen molar-refractivity contribution in [2.45, 2.75) is 70.7 Å². The molecule has 8 nitrogen and oxygen atoms in total. The third-order valence-electron chi connectivity index (χ3n) is 6.77. The van der Waals surface area contributed by atoms with E-state index in [2.05, 4.69) is 29.2 Å². The van der Waals surface area contributed by atoms with E-state index in [0.717, 1.165) is 61.0 Å². The highest BCUT2D eigenvalue weighted by Crippen LogP contribution is 2.38. The second-order valence-electron chi connectivity index (χ2n) is 10.2. The van der Waals surface area contributed by atoms with Gasteiger partial charge in [-0.15, -0.1) is 6.58 Å². The zero-order chi connectivity index (χ0) is 28.0. The van der Waals surface area contributed by atoms with E-state index in [1.165, 1.54) is 6.92 Å². The molecule has 1 heterocycles. The average molecular weight is 538 g/mol. The number of hydrogen-bond donors (Lipinski definition) is 3. The number of aliphatic hydroxyl groups is 1. The summed E-state index contributed by atoms with van der Waals surface area (Å²) in [6.07, 6.45) is 5.01. The number of unbranched alkanes of at least 4 members (excludes halogenated alkanes) is 2. The summed E-state index contributed by atoms with van der Waals surface area (Å²) in [5.41, 5.74) is 3.87. The fourth-order valence-corrected chi connectivity index (χ4v) is 4.61. The van der Waals surface area contributed by atoms with Crippen LogP contribution in [0.2, 0.25) is 0 Å². The second-order valence-corrected chi connectivity index (χ2v) is 10.2.